The van der Waals surface area contributed by atoms with Crippen molar-refractivity contribution in [2.45, 2.75) is 58.3 Å². The molecule has 0 saturated heterocycles. The fourth-order valence-electron chi connectivity index (χ4n) is 2.94. The van der Waals surface area contributed by atoms with E-state index in [2.05, 4.69) is 6.92 Å². The summed E-state index contributed by atoms with van der Waals surface area (Å²) < 4.78 is 15.8. The molecule has 1 heterocycles. The summed E-state index contributed by atoms with van der Waals surface area (Å²) >= 11 is 0. The van der Waals surface area contributed by atoms with Crippen LogP contribution in [0.1, 0.15) is 68.6 Å². The lowest BCUT2D eigenvalue weighted by atomic mass is 10.1. The predicted octanol–water partition coefficient (Wildman–Crippen LogP) is 4.17. The van der Waals surface area contributed by atoms with E-state index in [1.165, 1.54) is 37.5 Å². The molecule has 0 aliphatic carbocycles. The molecule has 2 rings (SSSR count). The van der Waals surface area contributed by atoms with Crippen molar-refractivity contribution in [3.8, 4) is 11.5 Å². The van der Waals surface area contributed by atoms with Crippen molar-refractivity contribution < 1.29 is 28.9 Å². The number of esters is 1. The molecule has 7 heteroatoms. The fourth-order valence-corrected chi connectivity index (χ4v) is 2.94. The Kier molecular flexibility index (Phi) is 9.50. The summed E-state index contributed by atoms with van der Waals surface area (Å²) in [5, 5.41) is 19.5. The van der Waals surface area contributed by atoms with Crippen molar-refractivity contribution in [3.05, 3.63) is 34.2 Å². The number of carbonyl (C=O) groups is 1. The molecule has 0 unspecified atom stereocenters. The Morgan fingerprint density at radius 2 is 1.76 bits per heavy atom. The summed E-state index contributed by atoms with van der Waals surface area (Å²) in [5.74, 6) is -1.12. The van der Waals surface area contributed by atoms with Gasteiger partial charge >= 0.3 is 11.6 Å². The Balaban J connectivity index is 2.04. The SMILES string of the molecule is CCCCCCCCOc1c(O)c2cc(C(=O)OCCCCO)ccc2oc1=O. The highest BCUT2D eigenvalue weighted by atomic mass is 16.5. The second-order valence-corrected chi connectivity index (χ2v) is 6.96. The number of aliphatic hydroxyl groups excluding tert-OH is 1. The van der Waals surface area contributed by atoms with Crippen LogP contribution in [0.3, 0.4) is 0 Å². The number of unbranched alkanes of at least 4 members (excludes halogenated alkanes) is 6. The molecule has 1 aromatic heterocycles. The Hall–Kier alpha value is -2.54. The Bertz CT molecular complexity index is 841. The summed E-state index contributed by atoms with van der Waals surface area (Å²) in [4.78, 5) is 24.3. The van der Waals surface area contributed by atoms with Crippen molar-refractivity contribution in [1.29, 1.82) is 0 Å². The highest BCUT2D eigenvalue weighted by molar-refractivity contribution is 5.96. The van der Waals surface area contributed by atoms with E-state index in [1.807, 2.05) is 0 Å². The molecule has 0 saturated carbocycles. The number of aromatic hydroxyl groups is 1. The zero-order valence-corrected chi connectivity index (χ0v) is 16.9. The van der Waals surface area contributed by atoms with Crippen LogP contribution in [0.25, 0.3) is 11.0 Å². The van der Waals surface area contributed by atoms with Crippen LogP contribution in [-0.4, -0.2) is 36.0 Å². The second kappa shape index (κ2) is 12.1. The minimum Gasteiger partial charge on any atom is -0.504 e. The first-order chi connectivity index (χ1) is 14.1. The maximum atomic E-state index is 12.1. The first-order valence-corrected chi connectivity index (χ1v) is 10.3. The molecule has 0 spiro atoms. The van der Waals surface area contributed by atoms with E-state index < -0.39 is 11.6 Å². The van der Waals surface area contributed by atoms with E-state index in [0.717, 1.165) is 19.3 Å². The van der Waals surface area contributed by atoms with Gasteiger partial charge in [-0.25, -0.2) is 9.59 Å². The summed E-state index contributed by atoms with van der Waals surface area (Å²) in [5.41, 5.74) is -0.357. The number of hydrogen-bond acceptors (Lipinski definition) is 7. The minimum atomic E-state index is -0.750. The van der Waals surface area contributed by atoms with Gasteiger partial charge in [-0.3, -0.25) is 0 Å². The zero-order valence-electron chi connectivity index (χ0n) is 16.9. The van der Waals surface area contributed by atoms with Crippen molar-refractivity contribution in [2.75, 3.05) is 19.8 Å². The molecule has 0 atom stereocenters. The summed E-state index contributed by atoms with van der Waals surface area (Å²) in [6.07, 6.45) is 7.57. The molecule has 160 valence electrons. The van der Waals surface area contributed by atoms with Crippen molar-refractivity contribution in [1.82, 2.24) is 0 Å². The quantitative estimate of drug-likeness (QED) is 0.292. The van der Waals surface area contributed by atoms with E-state index in [4.69, 9.17) is 19.0 Å². The number of rotatable bonds is 13. The van der Waals surface area contributed by atoms with Gasteiger partial charge in [0.15, 0.2) is 5.75 Å². The molecule has 0 fully saturated rings. The summed E-state index contributed by atoms with van der Waals surface area (Å²) in [7, 11) is 0. The first kappa shape index (κ1) is 22.7. The molecule has 7 nitrogen and oxygen atoms in total. The highest BCUT2D eigenvalue weighted by Crippen LogP contribution is 2.32. The zero-order chi connectivity index (χ0) is 21.1. The lowest BCUT2D eigenvalue weighted by Gasteiger charge is -2.10. The molecule has 1 aromatic carbocycles. The average Bonchev–Trinajstić information content (AvgIpc) is 2.72. The largest absolute Gasteiger partial charge is 0.504 e. The molecular weight excluding hydrogens is 376 g/mol. The molecule has 0 bridgehead atoms. The number of ether oxygens (including phenoxy) is 2. The van der Waals surface area contributed by atoms with Crippen LogP contribution in [0.15, 0.2) is 27.4 Å². The lowest BCUT2D eigenvalue weighted by Crippen LogP contribution is -2.10. The van der Waals surface area contributed by atoms with Gasteiger partial charge in [0.05, 0.1) is 24.2 Å². The van der Waals surface area contributed by atoms with Crippen LogP contribution in [0, 0.1) is 0 Å². The second-order valence-electron chi connectivity index (χ2n) is 6.96. The van der Waals surface area contributed by atoms with E-state index in [0.29, 0.717) is 19.4 Å². The minimum absolute atomic E-state index is 0.0436. The fraction of sp³-hybridized carbons (Fsp3) is 0.545. The molecule has 2 N–H and O–H groups in total. The van der Waals surface area contributed by atoms with Crippen LogP contribution < -0.4 is 10.4 Å². The standard InChI is InChI=1S/C22H30O7/c1-2-3-4-5-6-8-13-27-20-19(24)17-15-16(10-11-18(17)29-22(20)26)21(25)28-14-9-7-12-23/h10-11,15,23-24H,2-9,12-14H2,1H3. The molecule has 0 aliphatic heterocycles. The van der Waals surface area contributed by atoms with Gasteiger partial charge in [0.1, 0.15) is 5.58 Å². The third-order valence-electron chi connectivity index (χ3n) is 4.60. The molecule has 0 amide bonds. The van der Waals surface area contributed by atoms with Gasteiger partial charge in [0.25, 0.3) is 0 Å². The van der Waals surface area contributed by atoms with Gasteiger partial charge in [-0.2, -0.15) is 0 Å². The Morgan fingerprint density at radius 3 is 2.52 bits per heavy atom. The average molecular weight is 406 g/mol. The maximum Gasteiger partial charge on any atom is 0.383 e. The van der Waals surface area contributed by atoms with Crippen LogP contribution >= 0.6 is 0 Å². The van der Waals surface area contributed by atoms with Crippen LogP contribution in [0.5, 0.6) is 11.5 Å². The van der Waals surface area contributed by atoms with Gasteiger partial charge < -0.3 is 24.1 Å². The molecule has 0 radical (unpaired) electrons. The molecule has 2 aromatic rings. The monoisotopic (exact) mass is 406 g/mol. The summed E-state index contributed by atoms with van der Waals surface area (Å²) in [6.45, 7) is 2.71. The number of benzene rings is 1. The van der Waals surface area contributed by atoms with Gasteiger partial charge in [-0.05, 0) is 37.5 Å². The molecule has 0 aliphatic rings. The molecular formula is C22H30O7. The number of carbonyl (C=O) groups excluding carboxylic acids is 1. The van der Waals surface area contributed by atoms with E-state index in [9.17, 15) is 14.7 Å². The third kappa shape index (κ3) is 6.78. The van der Waals surface area contributed by atoms with Gasteiger partial charge in [0.2, 0.25) is 5.75 Å². The number of fused-ring (bicyclic) bond motifs is 1. The predicted molar refractivity (Wildman–Crippen MR) is 110 cm³/mol. The van der Waals surface area contributed by atoms with Crippen molar-refractivity contribution in [3.63, 3.8) is 0 Å². The smallest absolute Gasteiger partial charge is 0.383 e. The first-order valence-electron chi connectivity index (χ1n) is 10.3. The van der Waals surface area contributed by atoms with Crippen LogP contribution in [0.2, 0.25) is 0 Å². The Morgan fingerprint density at radius 1 is 1.03 bits per heavy atom. The number of aliphatic hydroxyl groups is 1. The maximum absolute atomic E-state index is 12.1. The molecule has 29 heavy (non-hydrogen) atoms. The number of hydrogen-bond donors (Lipinski definition) is 2. The lowest BCUT2D eigenvalue weighted by molar-refractivity contribution is 0.0493. The van der Waals surface area contributed by atoms with E-state index in [-0.39, 0.29) is 41.2 Å². The van der Waals surface area contributed by atoms with Gasteiger partial charge in [-0.1, -0.05) is 39.0 Å². The van der Waals surface area contributed by atoms with Crippen molar-refractivity contribution >= 4 is 16.9 Å². The highest BCUT2D eigenvalue weighted by Gasteiger charge is 2.17. The van der Waals surface area contributed by atoms with Crippen molar-refractivity contribution in [2.24, 2.45) is 0 Å². The van der Waals surface area contributed by atoms with Gasteiger partial charge in [0, 0.05) is 6.61 Å². The Labute approximate surface area is 170 Å². The van der Waals surface area contributed by atoms with Gasteiger partial charge in [-0.15, -0.1) is 0 Å². The normalized spacial score (nSPS) is 11.0. The summed E-state index contributed by atoms with van der Waals surface area (Å²) in [6, 6.07) is 4.33. The topological polar surface area (TPSA) is 106 Å². The van der Waals surface area contributed by atoms with Crippen LogP contribution in [-0.2, 0) is 4.74 Å². The third-order valence-corrected chi connectivity index (χ3v) is 4.60. The van der Waals surface area contributed by atoms with E-state index in [1.54, 1.807) is 0 Å². The van der Waals surface area contributed by atoms with Crippen LogP contribution in [0.4, 0.5) is 0 Å². The van der Waals surface area contributed by atoms with E-state index >= 15 is 0 Å².